The Labute approximate surface area is 312 Å². The van der Waals surface area contributed by atoms with Crippen molar-refractivity contribution in [2.75, 3.05) is 0 Å². The van der Waals surface area contributed by atoms with Crippen LogP contribution in [-0.2, 0) is 5.41 Å². The minimum absolute atomic E-state index is 0.382. The molecule has 1 heteroatoms. The topological polar surface area (TPSA) is 13.1 Å². The molecule has 3 aliphatic carbocycles. The summed E-state index contributed by atoms with van der Waals surface area (Å²) < 4.78 is 6.82. The summed E-state index contributed by atoms with van der Waals surface area (Å²) in [4.78, 5) is 0. The van der Waals surface area contributed by atoms with E-state index in [1.54, 1.807) is 0 Å². The van der Waals surface area contributed by atoms with E-state index in [4.69, 9.17) is 4.42 Å². The molecule has 0 radical (unpaired) electrons. The van der Waals surface area contributed by atoms with Crippen LogP contribution in [0.1, 0.15) is 22.3 Å². The van der Waals surface area contributed by atoms with Crippen molar-refractivity contribution in [3.63, 3.8) is 0 Å². The molecule has 0 N–H and O–H groups in total. The molecule has 1 spiro atoms. The van der Waals surface area contributed by atoms with Crippen molar-refractivity contribution >= 4 is 32.7 Å². The molecule has 0 atom stereocenters. The van der Waals surface area contributed by atoms with Gasteiger partial charge in [-0.3, -0.25) is 0 Å². The van der Waals surface area contributed by atoms with Gasteiger partial charge in [-0.1, -0.05) is 164 Å². The quantitative estimate of drug-likeness (QED) is 0.177. The van der Waals surface area contributed by atoms with E-state index in [-0.39, 0.29) is 5.41 Å². The normalized spacial score (nSPS) is 13.7. The van der Waals surface area contributed by atoms with E-state index >= 15 is 0 Å². The van der Waals surface area contributed by atoms with Crippen molar-refractivity contribution in [2.24, 2.45) is 0 Å². The van der Waals surface area contributed by atoms with Crippen molar-refractivity contribution in [3.8, 4) is 66.8 Å². The molecule has 0 fully saturated rings. The fourth-order valence-electron chi connectivity index (χ4n) is 10.5. The zero-order valence-corrected chi connectivity index (χ0v) is 29.2. The lowest BCUT2D eigenvalue weighted by atomic mass is 9.70. The van der Waals surface area contributed by atoms with Crippen molar-refractivity contribution in [2.45, 2.75) is 5.41 Å². The van der Waals surface area contributed by atoms with E-state index in [0.717, 1.165) is 27.5 Å². The first-order valence-electron chi connectivity index (χ1n) is 18.8. The largest absolute Gasteiger partial charge is 0.455 e. The van der Waals surface area contributed by atoms with E-state index < -0.39 is 0 Å². The maximum absolute atomic E-state index is 6.82. The van der Waals surface area contributed by atoms with Gasteiger partial charge in [0.1, 0.15) is 11.2 Å². The molecule has 0 unspecified atom stereocenters. The summed E-state index contributed by atoms with van der Waals surface area (Å²) in [5.41, 5.74) is 22.1. The summed E-state index contributed by atoms with van der Waals surface area (Å²) in [6.07, 6.45) is 0. The second kappa shape index (κ2) is 10.1. The highest BCUT2D eigenvalue weighted by Crippen LogP contribution is 2.63. The number of hydrogen-bond acceptors (Lipinski definition) is 1. The van der Waals surface area contributed by atoms with Gasteiger partial charge in [0.2, 0.25) is 0 Å². The molecule has 0 amide bonds. The molecule has 0 aliphatic heterocycles. The fourth-order valence-corrected chi connectivity index (χ4v) is 10.5. The van der Waals surface area contributed by atoms with E-state index in [9.17, 15) is 0 Å². The van der Waals surface area contributed by atoms with Gasteiger partial charge in [-0.05, 0) is 112 Å². The van der Waals surface area contributed by atoms with Gasteiger partial charge in [-0.15, -0.1) is 0 Å². The van der Waals surface area contributed by atoms with Crippen LogP contribution in [0.3, 0.4) is 0 Å². The number of para-hydroxylation sites is 1. The third kappa shape index (κ3) is 3.41. The number of fused-ring (bicyclic) bond motifs is 16. The van der Waals surface area contributed by atoms with Crippen LogP contribution in [0.25, 0.3) is 99.5 Å². The van der Waals surface area contributed by atoms with Gasteiger partial charge in [0, 0.05) is 16.3 Å². The summed E-state index contributed by atoms with van der Waals surface area (Å²) in [6.45, 7) is 0. The molecule has 54 heavy (non-hydrogen) atoms. The van der Waals surface area contributed by atoms with Gasteiger partial charge in [0.15, 0.2) is 0 Å². The smallest absolute Gasteiger partial charge is 0.143 e. The maximum atomic E-state index is 6.82. The molecule has 10 aromatic rings. The van der Waals surface area contributed by atoms with Crippen molar-refractivity contribution < 1.29 is 4.42 Å². The SMILES string of the molecule is c1ccc2c(c1)-c1cccc3c(-c4ccc5oc6c(-c7ccc8c(c7)C7(c9ccccc9-c9ccccc97)c7ccccc7-8)cccc6c5c4)ccc-2c13. The lowest BCUT2D eigenvalue weighted by Crippen LogP contribution is -2.25. The summed E-state index contributed by atoms with van der Waals surface area (Å²) >= 11 is 0. The fraction of sp³-hybridized carbons (Fsp3) is 0.0189. The average molecular weight is 683 g/mol. The first-order valence-corrected chi connectivity index (χ1v) is 18.8. The van der Waals surface area contributed by atoms with E-state index in [0.29, 0.717) is 0 Å². The van der Waals surface area contributed by atoms with Gasteiger partial charge in [-0.2, -0.15) is 0 Å². The molecular formula is C53H30O. The van der Waals surface area contributed by atoms with Gasteiger partial charge in [-0.25, -0.2) is 0 Å². The Bertz CT molecular complexity index is 3190. The zero-order chi connectivity index (χ0) is 35.1. The molecular weight excluding hydrogens is 653 g/mol. The highest BCUT2D eigenvalue weighted by atomic mass is 16.3. The highest BCUT2D eigenvalue weighted by Gasteiger charge is 2.51. The first-order chi connectivity index (χ1) is 26.8. The van der Waals surface area contributed by atoms with Crippen LogP contribution >= 0.6 is 0 Å². The Morgan fingerprint density at radius 2 is 0.778 bits per heavy atom. The minimum atomic E-state index is -0.382. The molecule has 1 heterocycles. The number of furan rings is 1. The lowest BCUT2D eigenvalue weighted by Gasteiger charge is -2.30. The predicted octanol–water partition coefficient (Wildman–Crippen LogP) is 14.1. The summed E-state index contributed by atoms with van der Waals surface area (Å²) in [5.74, 6) is 0. The average Bonchev–Trinajstić information content (AvgIpc) is 3.95. The second-order valence-corrected chi connectivity index (χ2v) is 15.1. The van der Waals surface area contributed by atoms with Gasteiger partial charge in [0.05, 0.1) is 5.41 Å². The van der Waals surface area contributed by atoms with Crippen molar-refractivity contribution in [1.29, 1.82) is 0 Å². The number of benzene rings is 9. The Morgan fingerprint density at radius 1 is 0.296 bits per heavy atom. The third-order valence-corrected chi connectivity index (χ3v) is 12.7. The van der Waals surface area contributed by atoms with Crippen LogP contribution in [0, 0.1) is 0 Å². The molecule has 1 aromatic heterocycles. The maximum Gasteiger partial charge on any atom is 0.143 e. The lowest BCUT2D eigenvalue weighted by molar-refractivity contribution is 0.670. The minimum Gasteiger partial charge on any atom is -0.455 e. The van der Waals surface area contributed by atoms with Gasteiger partial charge >= 0.3 is 0 Å². The number of hydrogen-bond donors (Lipinski definition) is 0. The monoisotopic (exact) mass is 682 g/mol. The molecule has 0 saturated heterocycles. The van der Waals surface area contributed by atoms with Gasteiger partial charge in [0.25, 0.3) is 0 Å². The van der Waals surface area contributed by atoms with Crippen molar-refractivity contribution in [3.05, 3.63) is 204 Å². The van der Waals surface area contributed by atoms with Crippen LogP contribution in [0.2, 0.25) is 0 Å². The third-order valence-electron chi connectivity index (χ3n) is 12.7. The van der Waals surface area contributed by atoms with E-state index in [1.165, 1.54) is 94.2 Å². The van der Waals surface area contributed by atoms with E-state index in [1.807, 2.05) is 0 Å². The zero-order valence-electron chi connectivity index (χ0n) is 29.2. The molecule has 0 saturated carbocycles. The standard InChI is InChI=1S/C53H30O/c1-2-12-36-35(11-1)42-18-10-17-41-33(26-27-43(36)51(41)42)31-24-28-50-45(29-31)44-19-9-16-34(52(44)54-50)32-23-25-40-39-15-5-8-22-48(39)53(49(40)30-32)46-20-6-3-13-37(46)38-14-4-7-21-47(38)53/h1-30H. The molecule has 3 aliphatic rings. The van der Waals surface area contributed by atoms with Gasteiger partial charge < -0.3 is 4.42 Å². The van der Waals surface area contributed by atoms with Crippen molar-refractivity contribution in [1.82, 2.24) is 0 Å². The van der Waals surface area contributed by atoms with Crippen LogP contribution in [0.4, 0.5) is 0 Å². The Morgan fingerprint density at radius 3 is 1.46 bits per heavy atom. The summed E-state index contributed by atoms with van der Waals surface area (Å²) in [6, 6.07) is 67.6. The van der Waals surface area contributed by atoms with Crippen LogP contribution < -0.4 is 0 Å². The first kappa shape index (κ1) is 28.6. The Balaban J connectivity index is 1.00. The van der Waals surface area contributed by atoms with Crippen LogP contribution in [0.5, 0.6) is 0 Å². The number of rotatable bonds is 2. The second-order valence-electron chi connectivity index (χ2n) is 15.1. The Hall–Kier alpha value is -6.96. The molecule has 1 nitrogen and oxygen atoms in total. The van der Waals surface area contributed by atoms with Crippen LogP contribution in [-0.4, -0.2) is 0 Å². The summed E-state index contributed by atoms with van der Waals surface area (Å²) in [5, 5.41) is 4.91. The van der Waals surface area contributed by atoms with Crippen LogP contribution in [0.15, 0.2) is 186 Å². The predicted molar refractivity (Wildman–Crippen MR) is 223 cm³/mol. The highest BCUT2D eigenvalue weighted by molar-refractivity contribution is 6.19. The molecule has 13 rings (SSSR count). The molecule has 248 valence electrons. The summed E-state index contributed by atoms with van der Waals surface area (Å²) in [7, 11) is 0. The van der Waals surface area contributed by atoms with E-state index in [2.05, 4.69) is 182 Å². The Kier molecular flexibility index (Phi) is 5.36. The molecule has 0 bridgehead atoms. The molecule has 9 aromatic carbocycles.